The Labute approximate surface area is 170 Å². The Kier molecular flexibility index (Phi) is 4.47. The largest absolute Gasteiger partial charge is 0.392 e. The maximum absolute atomic E-state index is 9.42. The number of nitrogens with zero attached hydrogens (tertiary/aromatic N) is 1. The van der Waals surface area contributed by atoms with Crippen molar-refractivity contribution in [1.29, 1.82) is 0 Å². The predicted molar refractivity (Wildman–Crippen MR) is 122 cm³/mol. The number of aliphatic hydroxyl groups is 1. The third-order valence-electron chi connectivity index (χ3n) is 5.36. The fourth-order valence-corrected chi connectivity index (χ4v) is 3.83. The summed E-state index contributed by atoms with van der Waals surface area (Å²) in [5.41, 5.74) is 4.19. The Hall–Kier alpha value is -3.62. The second kappa shape index (κ2) is 7.42. The van der Waals surface area contributed by atoms with Crippen molar-refractivity contribution < 1.29 is 5.11 Å². The molecule has 0 saturated carbocycles. The highest BCUT2D eigenvalue weighted by atomic mass is 16.3. The van der Waals surface area contributed by atoms with Crippen LogP contribution in [-0.2, 0) is 6.61 Å². The van der Waals surface area contributed by atoms with Gasteiger partial charge >= 0.3 is 0 Å². The molecule has 0 aromatic heterocycles. The molecule has 0 unspecified atom stereocenters. The standard InChI is InChI=1S/C27H21NO/c29-19-20-9-13-25(14-10-20)28(26-15-11-21-5-1-3-7-23(21)17-26)27-16-12-22-6-2-4-8-24(22)18-27/h1-18,29H,19H2. The summed E-state index contributed by atoms with van der Waals surface area (Å²) in [5.74, 6) is 0. The van der Waals surface area contributed by atoms with Crippen LogP contribution in [0.2, 0.25) is 0 Å². The predicted octanol–water partition coefficient (Wildman–Crippen LogP) is 6.96. The molecule has 0 aliphatic carbocycles. The van der Waals surface area contributed by atoms with Crippen molar-refractivity contribution in [2.45, 2.75) is 6.61 Å². The Morgan fingerprint density at radius 3 is 1.41 bits per heavy atom. The number of hydrogen-bond acceptors (Lipinski definition) is 2. The summed E-state index contributed by atoms with van der Waals surface area (Å²) in [5, 5.41) is 14.3. The zero-order valence-electron chi connectivity index (χ0n) is 16.0. The van der Waals surface area contributed by atoms with Gasteiger partial charge in [-0.15, -0.1) is 0 Å². The van der Waals surface area contributed by atoms with Gasteiger partial charge in [-0.25, -0.2) is 0 Å². The van der Waals surface area contributed by atoms with Crippen LogP contribution < -0.4 is 4.90 Å². The first-order valence-corrected chi connectivity index (χ1v) is 9.79. The Morgan fingerprint density at radius 1 is 0.483 bits per heavy atom. The number of hydrogen-bond donors (Lipinski definition) is 1. The highest BCUT2D eigenvalue weighted by Crippen LogP contribution is 2.37. The number of aliphatic hydroxyl groups excluding tert-OH is 1. The zero-order valence-corrected chi connectivity index (χ0v) is 16.0. The number of anilines is 3. The van der Waals surface area contributed by atoms with Crippen LogP contribution in [0.5, 0.6) is 0 Å². The van der Waals surface area contributed by atoms with E-state index in [0.717, 1.165) is 22.6 Å². The highest BCUT2D eigenvalue weighted by molar-refractivity contribution is 5.92. The van der Waals surface area contributed by atoms with Gasteiger partial charge in [0.15, 0.2) is 0 Å². The van der Waals surface area contributed by atoms with E-state index in [4.69, 9.17) is 0 Å². The van der Waals surface area contributed by atoms with E-state index < -0.39 is 0 Å². The van der Waals surface area contributed by atoms with Gasteiger partial charge in [-0.2, -0.15) is 0 Å². The molecule has 0 amide bonds. The third kappa shape index (κ3) is 3.35. The monoisotopic (exact) mass is 375 g/mol. The molecule has 2 heteroatoms. The quantitative estimate of drug-likeness (QED) is 0.367. The van der Waals surface area contributed by atoms with Crippen molar-refractivity contribution in [3.05, 3.63) is 115 Å². The SMILES string of the molecule is OCc1ccc(N(c2ccc3ccccc3c2)c2ccc3ccccc3c2)cc1. The van der Waals surface area contributed by atoms with Crippen molar-refractivity contribution in [3.8, 4) is 0 Å². The maximum Gasteiger partial charge on any atom is 0.0681 e. The molecular weight excluding hydrogens is 354 g/mol. The van der Waals surface area contributed by atoms with E-state index in [1.54, 1.807) is 0 Å². The van der Waals surface area contributed by atoms with Gasteiger partial charge in [-0.1, -0.05) is 72.8 Å². The third-order valence-corrected chi connectivity index (χ3v) is 5.36. The van der Waals surface area contributed by atoms with Gasteiger partial charge in [0.2, 0.25) is 0 Å². The summed E-state index contributed by atoms with van der Waals surface area (Å²) in [7, 11) is 0. The van der Waals surface area contributed by atoms with Gasteiger partial charge < -0.3 is 10.0 Å². The molecular formula is C27H21NO. The molecule has 5 rings (SSSR count). The van der Waals surface area contributed by atoms with Crippen molar-refractivity contribution in [1.82, 2.24) is 0 Å². The smallest absolute Gasteiger partial charge is 0.0681 e. The minimum atomic E-state index is 0.0478. The van der Waals surface area contributed by atoms with Crippen LogP contribution in [0.4, 0.5) is 17.1 Å². The van der Waals surface area contributed by atoms with Gasteiger partial charge in [0.1, 0.15) is 0 Å². The molecule has 0 fully saturated rings. The highest BCUT2D eigenvalue weighted by Gasteiger charge is 2.13. The summed E-state index contributed by atoms with van der Waals surface area (Å²) >= 11 is 0. The lowest BCUT2D eigenvalue weighted by atomic mass is 10.1. The normalized spacial score (nSPS) is 11.1. The lowest BCUT2D eigenvalue weighted by Gasteiger charge is -2.26. The van der Waals surface area contributed by atoms with Crippen LogP contribution in [0.15, 0.2) is 109 Å². The first-order valence-electron chi connectivity index (χ1n) is 9.79. The van der Waals surface area contributed by atoms with Gasteiger partial charge in [0, 0.05) is 17.1 Å². The summed E-state index contributed by atoms with van der Waals surface area (Å²) in [6, 6.07) is 38.0. The van der Waals surface area contributed by atoms with E-state index >= 15 is 0 Å². The van der Waals surface area contributed by atoms with E-state index in [1.165, 1.54) is 21.5 Å². The first-order chi connectivity index (χ1) is 14.3. The Morgan fingerprint density at radius 2 is 0.931 bits per heavy atom. The summed E-state index contributed by atoms with van der Waals surface area (Å²) < 4.78 is 0. The van der Waals surface area contributed by atoms with Gasteiger partial charge in [0.25, 0.3) is 0 Å². The Bertz CT molecular complexity index is 1210. The molecule has 0 bridgehead atoms. The van der Waals surface area contributed by atoms with Crippen LogP contribution in [0.3, 0.4) is 0 Å². The molecule has 0 atom stereocenters. The topological polar surface area (TPSA) is 23.5 Å². The van der Waals surface area contributed by atoms with Crippen molar-refractivity contribution in [2.75, 3.05) is 4.90 Å². The average Bonchev–Trinajstić information content (AvgIpc) is 2.79. The molecule has 0 aliphatic heterocycles. The fourth-order valence-electron chi connectivity index (χ4n) is 3.83. The van der Waals surface area contributed by atoms with Gasteiger partial charge in [0.05, 0.1) is 6.61 Å². The number of rotatable bonds is 4. The van der Waals surface area contributed by atoms with Crippen LogP contribution in [-0.4, -0.2) is 5.11 Å². The molecule has 0 saturated heterocycles. The van der Waals surface area contributed by atoms with E-state index in [1.807, 2.05) is 12.1 Å². The number of benzene rings is 5. The van der Waals surface area contributed by atoms with Crippen LogP contribution in [0.1, 0.15) is 5.56 Å². The maximum atomic E-state index is 9.42. The van der Waals surface area contributed by atoms with E-state index in [2.05, 4.69) is 102 Å². The molecule has 0 heterocycles. The van der Waals surface area contributed by atoms with E-state index in [9.17, 15) is 5.11 Å². The zero-order chi connectivity index (χ0) is 19.6. The first kappa shape index (κ1) is 17.5. The lowest BCUT2D eigenvalue weighted by Crippen LogP contribution is -2.10. The molecule has 1 N–H and O–H groups in total. The molecule has 0 radical (unpaired) electrons. The summed E-state index contributed by atoms with van der Waals surface area (Å²) in [4.78, 5) is 2.26. The second-order valence-electron chi connectivity index (χ2n) is 7.22. The molecule has 29 heavy (non-hydrogen) atoms. The minimum Gasteiger partial charge on any atom is -0.392 e. The van der Waals surface area contributed by atoms with Crippen molar-refractivity contribution >= 4 is 38.6 Å². The number of fused-ring (bicyclic) bond motifs is 2. The molecule has 0 spiro atoms. The van der Waals surface area contributed by atoms with Crippen LogP contribution >= 0.6 is 0 Å². The van der Waals surface area contributed by atoms with Crippen molar-refractivity contribution in [2.24, 2.45) is 0 Å². The average molecular weight is 375 g/mol. The molecule has 0 aliphatic rings. The molecule has 140 valence electrons. The van der Waals surface area contributed by atoms with E-state index in [0.29, 0.717) is 0 Å². The minimum absolute atomic E-state index is 0.0478. The summed E-state index contributed by atoms with van der Waals surface area (Å²) in [6.07, 6.45) is 0. The fraction of sp³-hybridized carbons (Fsp3) is 0.0370. The lowest BCUT2D eigenvalue weighted by molar-refractivity contribution is 0.282. The van der Waals surface area contributed by atoms with Crippen LogP contribution in [0, 0.1) is 0 Å². The van der Waals surface area contributed by atoms with Gasteiger partial charge in [-0.05, 0) is 63.5 Å². The van der Waals surface area contributed by atoms with Crippen molar-refractivity contribution in [3.63, 3.8) is 0 Å². The molecule has 5 aromatic rings. The Balaban J connectivity index is 1.70. The molecule has 2 nitrogen and oxygen atoms in total. The summed E-state index contributed by atoms with van der Waals surface area (Å²) in [6.45, 7) is 0.0478. The van der Waals surface area contributed by atoms with Crippen LogP contribution in [0.25, 0.3) is 21.5 Å². The van der Waals surface area contributed by atoms with Gasteiger partial charge in [-0.3, -0.25) is 0 Å². The van der Waals surface area contributed by atoms with E-state index in [-0.39, 0.29) is 6.61 Å². The second-order valence-corrected chi connectivity index (χ2v) is 7.22. The molecule has 5 aromatic carbocycles.